The number of aliphatic hydroxyl groups is 1. The second-order valence-corrected chi connectivity index (χ2v) is 9.94. The number of rotatable bonds is 2. The van der Waals surface area contributed by atoms with E-state index in [0.717, 1.165) is 54.7 Å². The average molecular weight is 404 g/mol. The van der Waals surface area contributed by atoms with Crippen molar-refractivity contribution >= 4 is 5.71 Å². The summed E-state index contributed by atoms with van der Waals surface area (Å²) in [7, 11) is 1.72. The van der Waals surface area contributed by atoms with Crippen LogP contribution in [0.4, 0.5) is 0 Å². The van der Waals surface area contributed by atoms with E-state index in [1.807, 2.05) is 18.2 Å². The molecule has 0 saturated heterocycles. The fourth-order valence-corrected chi connectivity index (χ4v) is 7.13. The minimum Gasteiger partial charge on any atom is -0.508 e. The Kier molecular flexibility index (Phi) is 3.89. The molecule has 1 unspecified atom stereocenters. The van der Waals surface area contributed by atoms with Crippen LogP contribution in [-0.2, 0) is 0 Å². The molecule has 156 valence electrons. The molecule has 2 fully saturated rings. The lowest BCUT2D eigenvalue weighted by molar-refractivity contribution is -0.0176. The maximum atomic E-state index is 10.7. The Morgan fingerprint density at radius 1 is 1.07 bits per heavy atom. The quantitative estimate of drug-likeness (QED) is 0.744. The van der Waals surface area contributed by atoms with E-state index in [4.69, 9.17) is 9.73 Å². The number of phenolic OH excluding ortho intramolecular Hbond substituents is 1. The Morgan fingerprint density at radius 2 is 1.90 bits per heavy atom. The van der Waals surface area contributed by atoms with Crippen LogP contribution < -0.4 is 4.74 Å². The van der Waals surface area contributed by atoms with Crippen LogP contribution >= 0.6 is 0 Å². The molecule has 2 saturated carbocycles. The summed E-state index contributed by atoms with van der Waals surface area (Å²) in [5.41, 5.74) is 5.71. The van der Waals surface area contributed by atoms with Gasteiger partial charge in [-0.05, 0) is 79.0 Å². The molecule has 0 aromatic heterocycles. The number of phenols is 1. The lowest BCUT2D eigenvalue weighted by Crippen LogP contribution is -2.44. The lowest BCUT2D eigenvalue weighted by Gasteiger charge is -2.50. The standard InChI is InChI=1S/C26H29NO3/c1-26-10-9-14-16-11-19-23(30-2)13-18(16)21(12-17(14)20(26)7-8-24(26)29)27-25(19)15-5-3-4-6-22(15)28/h3-6,11,13-14,17,20,24-25,28-29H,7-10,12H2,1-2H3/t14-,17-,20+,24+,25?,26+/m1/s1. The topological polar surface area (TPSA) is 62.0 Å². The van der Waals surface area contributed by atoms with E-state index in [1.165, 1.54) is 11.1 Å². The van der Waals surface area contributed by atoms with E-state index in [1.54, 1.807) is 13.2 Å². The summed E-state index contributed by atoms with van der Waals surface area (Å²) in [5, 5.41) is 21.3. The number of ether oxygens (including phenoxy) is 1. The van der Waals surface area contributed by atoms with Gasteiger partial charge in [0.2, 0.25) is 0 Å². The van der Waals surface area contributed by atoms with Crippen LogP contribution in [0.2, 0.25) is 0 Å². The van der Waals surface area contributed by atoms with E-state index in [9.17, 15) is 10.2 Å². The summed E-state index contributed by atoms with van der Waals surface area (Å²) in [6.07, 6.45) is 5.05. The molecular weight excluding hydrogens is 374 g/mol. The zero-order valence-corrected chi connectivity index (χ0v) is 17.6. The van der Waals surface area contributed by atoms with Gasteiger partial charge in [0.15, 0.2) is 0 Å². The molecule has 7 rings (SSSR count). The Labute approximate surface area is 177 Å². The van der Waals surface area contributed by atoms with Crippen LogP contribution in [0.1, 0.15) is 73.2 Å². The van der Waals surface area contributed by atoms with Crippen LogP contribution in [-0.4, -0.2) is 29.1 Å². The molecule has 0 radical (unpaired) electrons. The fraction of sp³-hybridized carbons (Fsp3) is 0.500. The number of hydrogen-bond donors (Lipinski definition) is 2. The number of hydrogen-bond acceptors (Lipinski definition) is 4. The maximum Gasteiger partial charge on any atom is 0.125 e. The molecule has 2 aromatic rings. The Balaban J connectivity index is 1.52. The van der Waals surface area contributed by atoms with Crippen LogP contribution in [0.15, 0.2) is 41.4 Å². The van der Waals surface area contributed by atoms with Crippen LogP contribution in [0, 0.1) is 17.3 Å². The molecule has 5 aliphatic rings. The van der Waals surface area contributed by atoms with Crippen molar-refractivity contribution in [2.45, 2.75) is 57.1 Å². The van der Waals surface area contributed by atoms with Gasteiger partial charge in [0.05, 0.1) is 13.2 Å². The number of aliphatic hydroxyl groups excluding tert-OH is 1. The molecule has 4 nitrogen and oxygen atoms in total. The number of aliphatic imine (C=N–C) groups is 1. The van der Waals surface area contributed by atoms with Gasteiger partial charge in [-0.2, -0.15) is 0 Å². The molecule has 2 aromatic carbocycles. The summed E-state index contributed by atoms with van der Waals surface area (Å²) in [6, 6.07) is 11.8. The Bertz CT molecular complexity index is 1060. The van der Waals surface area contributed by atoms with Gasteiger partial charge in [0, 0.05) is 22.4 Å². The first kappa shape index (κ1) is 18.4. The summed E-state index contributed by atoms with van der Waals surface area (Å²) >= 11 is 0. The summed E-state index contributed by atoms with van der Waals surface area (Å²) in [6.45, 7) is 2.31. The molecule has 4 bridgehead atoms. The number of nitrogens with zero attached hydrogens (tertiary/aromatic N) is 1. The van der Waals surface area contributed by atoms with Gasteiger partial charge >= 0.3 is 0 Å². The van der Waals surface area contributed by atoms with Gasteiger partial charge in [0.25, 0.3) is 0 Å². The number of aromatic hydroxyl groups is 1. The second kappa shape index (κ2) is 6.34. The molecule has 30 heavy (non-hydrogen) atoms. The van der Waals surface area contributed by atoms with Crippen molar-refractivity contribution in [3.8, 4) is 11.5 Å². The summed E-state index contributed by atoms with van der Waals surface area (Å²) < 4.78 is 5.77. The molecule has 4 heteroatoms. The maximum absolute atomic E-state index is 10.7. The van der Waals surface area contributed by atoms with E-state index in [0.29, 0.717) is 17.8 Å². The minimum absolute atomic E-state index is 0.0459. The predicted molar refractivity (Wildman–Crippen MR) is 116 cm³/mol. The molecular formula is C26H29NO3. The molecule has 6 atom stereocenters. The number of para-hydroxylation sites is 1. The Hall–Kier alpha value is -2.33. The highest BCUT2D eigenvalue weighted by atomic mass is 16.5. The lowest BCUT2D eigenvalue weighted by atomic mass is 9.55. The van der Waals surface area contributed by atoms with Crippen molar-refractivity contribution < 1.29 is 14.9 Å². The van der Waals surface area contributed by atoms with Crippen molar-refractivity contribution in [1.29, 1.82) is 0 Å². The monoisotopic (exact) mass is 403 g/mol. The SMILES string of the molecule is COc1cc2c3cc1C(c1ccccc1O)N=C2C[C@@H]1[C@@H]3CC[C@]2(C)[C@@H](O)CC[C@@H]12. The van der Waals surface area contributed by atoms with Crippen LogP contribution in [0.25, 0.3) is 0 Å². The summed E-state index contributed by atoms with van der Waals surface area (Å²) in [4.78, 5) is 5.23. The van der Waals surface area contributed by atoms with Crippen molar-refractivity contribution in [3.05, 3.63) is 58.7 Å². The van der Waals surface area contributed by atoms with Gasteiger partial charge in [-0.3, -0.25) is 4.99 Å². The van der Waals surface area contributed by atoms with Crippen molar-refractivity contribution in [3.63, 3.8) is 0 Å². The molecule has 2 aliphatic heterocycles. The third-order valence-electron chi connectivity index (χ3n) is 8.74. The van der Waals surface area contributed by atoms with Gasteiger partial charge in [-0.15, -0.1) is 0 Å². The molecule has 3 aliphatic carbocycles. The summed E-state index contributed by atoms with van der Waals surface area (Å²) in [5.74, 6) is 2.75. The smallest absolute Gasteiger partial charge is 0.125 e. The van der Waals surface area contributed by atoms with Crippen molar-refractivity contribution in [1.82, 2.24) is 0 Å². The predicted octanol–water partition coefficient (Wildman–Crippen LogP) is 4.97. The largest absolute Gasteiger partial charge is 0.508 e. The number of methoxy groups -OCH3 is 1. The molecule has 0 spiro atoms. The van der Waals surface area contributed by atoms with E-state index >= 15 is 0 Å². The normalized spacial score (nSPS) is 36.0. The average Bonchev–Trinajstić information content (AvgIpc) is 2.91. The fourth-order valence-electron chi connectivity index (χ4n) is 7.13. The second-order valence-electron chi connectivity index (χ2n) is 9.94. The zero-order valence-electron chi connectivity index (χ0n) is 17.6. The zero-order chi connectivity index (χ0) is 20.6. The highest BCUT2D eigenvalue weighted by Gasteiger charge is 2.55. The number of fused-ring (bicyclic) bond motifs is 5. The number of benzene rings is 2. The van der Waals surface area contributed by atoms with Crippen molar-refractivity contribution in [2.24, 2.45) is 22.2 Å². The van der Waals surface area contributed by atoms with E-state index in [-0.39, 0.29) is 23.3 Å². The van der Waals surface area contributed by atoms with Gasteiger partial charge in [-0.25, -0.2) is 0 Å². The highest BCUT2D eigenvalue weighted by molar-refractivity contribution is 6.05. The van der Waals surface area contributed by atoms with E-state index in [2.05, 4.69) is 19.1 Å². The first-order valence-corrected chi connectivity index (χ1v) is 11.3. The van der Waals surface area contributed by atoms with Gasteiger partial charge in [0.1, 0.15) is 17.5 Å². The van der Waals surface area contributed by atoms with E-state index < -0.39 is 0 Å². The van der Waals surface area contributed by atoms with Crippen LogP contribution in [0.5, 0.6) is 11.5 Å². The molecule has 2 heterocycles. The highest BCUT2D eigenvalue weighted by Crippen LogP contribution is 2.62. The third-order valence-corrected chi connectivity index (χ3v) is 8.74. The van der Waals surface area contributed by atoms with Gasteiger partial charge < -0.3 is 14.9 Å². The Morgan fingerprint density at radius 3 is 2.70 bits per heavy atom. The molecule has 2 N–H and O–H groups in total. The van der Waals surface area contributed by atoms with Gasteiger partial charge in [-0.1, -0.05) is 25.1 Å². The first-order chi connectivity index (χ1) is 14.5. The van der Waals surface area contributed by atoms with Crippen molar-refractivity contribution in [2.75, 3.05) is 7.11 Å². The van der Waals surface area contributed by atoms with Crippen LogP contribution in [0.3, 0.4) is 0 Å². The molecule has 0 amide bonds. The third kappa shape index (κ3) is 2.34. The first-order valence-electron chi connectivity index (χ1n) is 11.3. The minimum atomic E-state index is -0.247.